The number of nitrogens with zero attached hydrogens (tertiary/aromatic N) is 2. The summed E-state index contributed by atoms with van der Waals surface area (Å²) in [4.78, 5) is 29.7. The van der Waals surface area contributed by atoms with E-state index in [4.69, 9.17) is 4.42 Å². The summed E-state index contributed by atoms with van der Waals surface area (Å²) in [6, 6.07) is 7.18. The maximum Gasteiger partial charge on any atom is 0.423 e. The average Bonchev–Trinajstić information content (AvgIpc) is 2.98. The number of halogens is 1. The lowest BCUT2D eigenvalue weighted by Crippen LogP contribution is -2.25. The van der Waals surface area contributed by atoms with E-state index in [1.165, 1.54) is 17.4 Å². The zero-order valence-electron chi connectivity index (χ0n) is 13.6. The van der Waals surface area contributed by atoms with Gasteiger partial charge >= 0.3 is 11.4 Å². The van der Waals surface area contributed by atoms with Gasteiger partial charge in [-0.15, -0.1) is 11.3 Å². The number of hydrogen-bond acceptors (Lipinski definition) is 5. The summed E-state index contributed by atoms with van der Waals surface area (Å²) >= 11 is 4.91. The molecule has 0 aliphatic carbocycles. The number of aryl methyl sites for hydroxylation is 1. The molecule has 0 fully saturated rings. The van der Waals surface area contributed by atoms with Gasteiger partial charge in [0.2, 0.25) is 0 Å². The molecule has 24 heavy (non-hydrogen) atoms. The van der Waals surface area contributed by atoms with Crippen molar-refractivity contribution in [1.82, 2.24) is 9.55 Å². The van der Waals surface area contributed by atoms with Crippen molar-refractivity contribution in [2.24, 2.45) is 0 Å². The smallest absolute Gasteiger partial charge is 0.372 e. The van der Waals surface area contributed by atoms with Gasteiger partial charge < -0.3 is 4.42 Å². The number of pyridine rings is 1. The minimum absolute atomic E-state index is 0.315. The van der Waals surface area contributed by atoms with Crippen LogP contribution in [-0.4, -0.2) is 14.9 Å². The van der Waals surface area contributed by atoms with E-state index in [-0.39, 0.29) is 0 Å². The molecule has 0 aromatic carbocycles. The predicted molar refractivity (Wildman–Crippen MR) is 101 cm³/mol. The van der Waals surface area contributed by atoms with Crippen LogP contribution in [0.2, 0.25) is 0 Å². The van der Waals surface area contributed by atoms with E-state index in [0.717, 1.165) is 15.1 Å². The molecule has 0 spiro atoms. The van der Waals surface area contributed by atoms with Crippen molar-refractivity contribution in [3.05, 3.63) is 61.2 Å². The molecule has 5 nitrogen and oxygen atoms in total. The topological polar surface area (TPSA) is 65.1 Å². The molecule has 3 aromatic rings. The number of alkyl halides is 1. The summed E-state index contributed by atoms with van der Waals surface area (Å²) in [5, 5.41) is 1.47. The summed E-state index contributed by atoms with van der Waals surface area (Å²) in [6.45, 7) is 4.54. The zero-order valence-corrected chi connectivity index (χ0v) is 16.0. The second-order valence-corrected chi connectivity index (χ2v) is 7.34. The first kappa shape index (κ1) is 18.6. The molecule has 0 aliphatic heterocycles. The van der Waals surface area contributed by atoms with Gasteiger partial charge in [-0.2, -0.15) is 0 Å². The first-order valence-electron chi connectivity index (χ1n) is 7.66. The maximum atomic E-state index is 11.8. The molecule has 0 saturated heterocycles. The molecule has 7 heteroatoms. The van der Waals surface area contributed by atoms with Gasteiger partial charge in [-0.25, -0.2) is 14.6 Å². The molecule has 0 N–H and O–H groups in total. The lowest BCUT2D eigenvalue weighted by Gasteiger charge is -2.05. The minimum atomic E-state index is -0.678. The third-order valence-electron chi connectivity index (χ3n) is 3.26. The Kier molecular flexibility index (Phi) is 6.93. The lowest BCUT2D eigenvalue weighted by molar-refractivity contribution is 0.424. The quantitative estimate of drug-likeness (QED) is 0.610. The van der Waals surface area contributed by atoms with Crippen molar-refractivity contribution in [2.75, 3.05) is 5.33 Å². The predicted octanol–water partition coefficient (Wildman–Crippen LogP) is 3.95. The summed E-state index contributed by atoms with van der Waals surface area (Å²) < 4.78 is 6.09. The number of aromatic nitrogens is 2. The van der Waals surface area contributed by atoms with Gasteiger partial charge in [-0.3, -0.25) is 4.57 Å². The van der Waals surface area contributed by atoms with Crippen molar-refractivity contribution in [1.29, 1.82) is 0 Å². The van der Waals surface area contributed by atoms with E-state index < -0.39 is 11.4 Å². The molecule has 0 saturated carbocycles. The van der Waals surface area contributed by atoms with E-state index in [9.17, 15) is 9.59 Å². The molecule has 0 aliphatic rings. The van der Waals surface area contributed by atoms with Crippen LogP contribution in [0.5, 0.6) is 0 Å². The van der Waals surface area contributed by atoms with Crippen molar-refractivity contribution in [2.45, 2.75) is 33.2 Å². The van der Waals surface area contributed by atoms with Gasteiger partial charge in [-0.05, 0) is 37.6 Å². The van der Waals surface area contributed by atoms with Crippen LogP contribution in [0.4, 0.5) is 0 Å². The van der Waals surface area contributed by atoms with Crippen molar-refractivity contribution in [3.8, 4) is 0 Å². The summed E-state index contributed by atoms with van der Waals surface area (Å²) in [5.41, 5.74) is -0.290. The fraction of sp³-hybridized carbons (Fsp3) is 0.353. The molecule has 128 valence electrons. The number of hydrogen-bond donors (Lipinski definition) is 0. The zero-order chi connectivity index (χ0) is 17.5. The van der Waals surface area contributed by atoms with Gasteiger partial charge in [0.05, 0.1) is 6.54 Å². The molecule has 0 amide bonds. The number of fused-ring (bicyclic) bond motifs is 1. The van der Waals surface area contributed by atoms with Gasteiger partial charge in [0, 0.05) is 21.3 Å². The highest BCUT2D eigenvalue weighted by Gasteiger charge is 2.11. The van der Waals surface area contributed by atoms with Gasteiger partial charge in [0.15, 0.2) is 5.65 Å². The largest absolute Gasteiger partial charge is 0.423 e. The summed E-state index contributed by atoms with van der Waals surface area (Å²) in [6.07, 6.45) is 4.16. The van der Waals surface area contributed by atoms with Crippen LogP contribution in [0.25, 0.3) is 11.0 Å². The molecular weight excluding hydrogens is 392 g/mol. The molecular formula is C17H19BrN2O3S. The fourth-order valence-corrected chi connectivity index (χ4v) is 3.49. The van der Waals surface area contributed by atoms with E-state index in [0.29, 0.717) is 17.6 Å². The van der Waals surface area contributed by atoms with E-state index in [1.807, 2.05) is 19.1 Å². The molecule has 3 heterocycles. The van der Waals surface area contributed by atoms with Crippen LogP contribution in [0, 0.1) is 6.92 Å². The number of rotatable bonds is 4. The van der Waals surface area contributed by atoms with Crippen LogP contribution in [0.1, 0.15) is 29.5 Å². The Hall–Kier alpha value is -1.73. The highest BCUT2D eigenvalue weighted by molar-refractivity contribution is 9.09. The Bertz CT molecular complexity index is 912. The van der Waals surface area contributed by atoms with Crippen LogP contribution in [-0.2, 0) is 6.54 Å². The molecule has 0 bridgehead atoms. The van der Waals surface area contributed by atoms with Gasteiger partial charge in [-0.1, -0.05) is 29.3 Å². The SMILES string of the molecule is CCCCBr.Cc1ccc(Cn2c(=O)oc(=O)c3cccnc32)s1. The molecule has 0 atom stereocenters. The summed E-state index contributed by atoms with van der Waals surface area (Å²) in [7, 11) is 0. The van der Waals surface area contributed by atoms with Gasteiger partial charge in [0.1, 0.15) is 5.39 Å². The molecule has 0 unspecified atom stereocenters. The Balaban J connectivity index is 0.000000368. The Morgan fingerprint density at radius 1 is 1.29 bits per heavy atom. The Labute approximate surface area is 152 Å². The van der Waals surface area contributed by atoms with Crippen molar-refractivity contribution >= 4 is 38.3 Å². The normalized spacial score (nSPS) is 10.5. The first-order valence-corrected chi connectivity index (χ1v) is 9.60. The van der Waals surface area contributed by atoms with E-state index >= 15 is 0 Å². The molecule has 3 aromatic heterocycles. The third kappa shape index (κ3) is 4.64. The molecule has 0 radical (unpaired) electrons. The first-order chi connectivity index (χ1) is 11.6. The highest BCUT2D eigenvalue weighted by Crippen LogP contribution is 2.16. The molecule has 3 rings (SSSR count). The number of unbranched alkanes of at least 4 members (excludes halogenated alkanes) is 1. The second kappa shape index (κ2) is 8.94. The standard InChI is InChI=1S/C13H10N2O3S.C4H9Br/c1-8-4-5-9(19-8)7-15-11-10(3-2-6-14-11)12(16)18-13(15)17;1-2-3-4-5/h2-6H,7H2,1H3;2-4H2,1H3. The number of thiophene rings is 1. The Morgan fingerprint density at radius 3 is 2.67 bits per heavy atom. The fourth-order valence-electron chi connectivity index (χ4n) is 2.05. The average molecular weight is 411 g/mol. The maximum absolute atomic E-state index is 11.8. The summed E-state index contributed by atoms with van der Waals surface area (Å²) in [5.74, 6) is -0.678. The van der Waals surface area contributed by atoms with Crippen LogP contribution in [0.15, 0.2) is 44.5 Å². The van der Waals surface area contributed by atoms with Crippen LogP contribution >= 0.6 is 27.3 Å². The van der Waals surface area contributed by atoms with Crippen LogP contribution < -0.4 is 11.4 Å². The van der Waals surface area contributed by atoms with Crippen molar-refractivity contribution < 1.29 is 4.42 Å². The lowest BCUT2D eigenvalue weighted by atomic mass is 10.3. The monoisotopic (exact) mass is 410 g/mol. The van der Waals surface area contributed by atoms with E-state index in [2.05, 4.69) is 27.8 Å². The van der Waals surface area contributed by atoms with Crippen LogP contribution in [0.3, 0.4) is 0 Å². The highest BCUT2D eigenvalue weighted by atomic mass is 79.9. The van der Waals surface area contributed by atoms with Gasteiger partial charge in [0.25, 0.3) is 0 Å². The third-order valence-corrected chi connectivity index (χ3v) is 4.81. The minimum Gasteiger partial charge on any atom is -0.372 e. The van der Waals surface area contributed by atoms with E-state index in [1.54, 1.807) is 29.7 Å². The Morgan fingerprint density at radius 2 is 2.08 bits per heavy atom. The van der Waals surface area contributed by atoms with Crippen molar-refractivity contribution in [3.63, 3.8) is 0 Å². The second-order valence-electron chi connectivity index (χ2n) is 5.17.